The molecule has 0 saturated carbocycles. The quantitative estimate of drug-likeness (QED) is 0.592. The van der Waals surface area contributed by atoms with Crippen LogP contribution in [0.1, 0.15) is 43.1 Å². The molecule has 0 aliphatic carbocycles. The maximum Gasteiger partial charge on any atom is 0.342 e. The number of fused-ring (bicyclic) bond motifs is 3. The molecule has 0 spiro atoms. The lowest BCUT2D eigenvalue weighted by atomic mass is 10.0. The van der Waals surface area contributed by atoms with E-state index >= 15 is 4.39 Å². The van der Waals surface area contributed by atoms with E-state index in [1.165, 1.54) is 18.7 Å². The molecule has 8 nitrogen and oxygen atoms in total. The number of nitrogens with zero attached hydrogens (tertiary/aromatic N) is 2. The van der Waals surface area contributed by atoms with E-state index in [4.69, 9.17) is 17.3 Å². The largest absolute Gasteiger partial charge is 0.477 e. The van der Waals surface area contributed by atoms with Crippen LogP contribution in [0.25, 0.3) is 10.9 Å². The number of carboxylic acid groups (broad SMARTS) is 1. The van der Waals surface area contributed by atoms with Crippen molar-refractivity contribution in [2.24, 2.45) is 0 Å². The number of thioether (sulfide) groups is 1. The SMILES string of the molecule is CC(=O)N1CCC(Nc2c(F)c(N)c3c(=O)c(C(=O)O)c4n(c3c2Cl)[C@H](C)CS4)CC1. The summed E-state index contributed by atoms with van der Waals surface area (Å²) in [7, 11) is 0. The summed E-state index contributed by atoms with van der Waals surface area (Å²) >= 11 is 7.89. The fraction of sp³-hybridized carbons (Fsp3) is 0.450. The number of carboxylic acids is 1. The number of aromatic nitrogens is 1. The van der Waals surface area contributed by atoms with Crippen molar-refractivity contribution in [2.45, 2.75) is 43.8 Å². The second-order valence-electron chi connectivity index (χ2n) is 7.91. The van der Waals surface area contributed by atoms with Crippen LogP contribution >= 0.6 is 23.4 Å². The maximum absolute atomic E-state index is 15.3. The molecular formula is C20H22ClFN4O4S. The smallest absolute Gasteiger partial charge is 0.342 e. The van der Waals surface area contributed by atoms with E-state index in [2.05, 4.69) is 5.32 Å². The maximum atomic E-state index is 15.3. The van der Waals surface area contributed by atoms with Gasteiger partial charge in [0.25, 0.3) is 0 Å². The number of nitrogens with two attached hydrogens (primary N) is 1. The summed E-state index contributed by atoms with van der Waals surface area (Å²) in [6.07, 6.45) is 1.21. The van der Waals surface area contributed by atoms with Gasteiger partial charge in [0, 0.05) is 37.8 Å². The van der Waals surface area contributed by atoms with Crippen LogP contribution in [-0.2, 0) is 4.79 Å². The van der Waals surface area contributed by atoms with Crippen LogP contribution in [0.15, 0.2) is 9.82 Å². The van der Waals surface area contributed by atoms with E-state index in [9.17, 15) is 19.5 Å². The van der Waals surface area contributed by atoms with Gasteiger partial charge in [0.15, 0.2) is 5.82 Å². The number of halogens is 2. The molecule has 4 rings (SSSR count). The zero-order valence-corrected chi connectivity index (χ0v) is 18.6. The molecule has 2 aliphatic rings. The number of piperidine rings is 1. The van der Waals surface area contributed by atoms with Crippen molar-refractivity contribution in [3.63, 3.8) is 0 Å². The van der Waals surface area contributed by atoms with E-state index in [1.807, 2.05) is 6.92 Å². The number of carbonyl (C=O) groups excluding carboxylic acids is 1. The highest BCUT2D eigenvalue weighted by atomic mass is 35.5. The summed E-state index contributed by atoms with van der Waals surface area (Å²) in [6.45, 7) is 4.47. The molecule has 3 heterocycles. The molecule has 1 fully saturated rings. The topological polar surface area (TPSA) is 118 Å². The lowest BCUT2D eigenvalue weighted by molar-refractivity contribution is -0.129. The fourth-order valence-corrected chi connectivity index (χ4v) is 5.90. The molecular weight excluding hydrogens is 447 g/mol. The van der Waals surface area contributed by atoms with E-state index < -0.39 is 28.5 Å². The Bertz CT molecular complexity index is 1180. The molecule has 1 aromatic carbocycles. The molecule has 1 amide bonds. The Hall–Kier alpha value is -2.46. The predicted molar refractivity (Wildman–Crippen MR) is 119 cm³/mol. The fourth-order valence-electron chi connectivity index (χ4n) is 4.29. The minimum Gasteiger partial charge on any atom is -0.477 e. The zero-order valence-electron chi connectivity index (χ0n) is 17.0. The number of rotatable bonds is 3. The Kier molecular flexibility index (Phi) is 5.55. The molecule has 31 heavy (non-hydrogen) atoms. The number of nitrogens with one attached hydrogen (secondary N) is 1. The third-order valence-corrected chi connectivity index (χ3v) is 7.61. The molecule has 4 N–H and O–H groups in total. The Balaban J connectivity index is 1.88. The first kappa shape index (κ1) is 21.8. The second-order valence-corrected chi connectivity index (χ2v) is 9.30. The van der Waals surface area contributed by atoms with Gasteiger partial charge in [-0.2, -0.15) is 0 Å². The average molecular weight is 469 g/mol. The van der Waals surface area contributed by atoms with Crippen LogP contribution in [0, 0.1) is 5.82 Å². The molecule has 1 saturated heterocycles. The third kappa shape index (κ3) is 3.41. The Morgan fingerprint density at radius 2 is 1.97 bits per heavy atom. The number of carbonyl (C=O) groups is 2. The van der Waals surface area contributed by atoms with Crippen molar-refractivity contribution < 1.29 is 19.1 Å². The van der Waals surface area contributed by atoms with Gasteiger partial charge in [-0.1, -0.05) is 11.6 Å². The number of hydrogen-bond acceptors (Lipinski definition) is 6. The van der Waals surface area contributed by atoms with Crippen molar-refractivity contribution in [3.8, 4) is 0 Å². The van der Waals surface area contributed by atoms with E-state index in [1.54, 1.807) is 9.47 Å². The minimum atomic E-state index is -1.38. The van der Waals surface area contributed by atoms with Gasteiger partial charge < -0.3 is 25.6 Å². The van der Waals surface area contributed by atoms with Crippen LogP contribution in [-0.4, -0.2) is 51.3 Å². The minimum absolute atomic E-state index is 0.000311. The first-order valence-corrected chi connectivity index (χ1v) is 11.3. The number of nitrogen functional groups attached to an aromatic ring is 1. The van der Waals surface area contributed by atoms with Crippen LogP contribution < -0.4 is 16.5 Å². The number of amides is 1. The number of pyridine rings is 1. The number of anilines is 2. The van der Waals surface area contributed by atoms with Crippen LogP contribution in [0.5, 0.6) is 0 Å². The number of benzene rings is 1. The summed E-state index contributed by atoms with van der Waals surface area (Å²) in [4.78, 5) is 38.0. The van der Waals surface area contributed by atoms with Gasteiger partial charge in [0.2, 0.25) is 11.3 Å². The Labute approximate surface area is 186 Å². The zero-order chi connectivity index (χ0) is 22.6. The lowest BCUT2D eigenvalue weighted by Gasteiger charge is -2.32. The first-order valence-electron chi connectivity index (χ1n) is 9.90. The van der Waals surface area contributed by atoms with Gasteiger partial charge in [-0.25, -0.2) is 9.18 Å². The van der Waals surface area contributed by atoms with Gasteiger partial charge >= 0.3 is 5.97 Å². The monoisotopic (exact) mass is 468 g/mol. The number of aromatic carboxylic acids is 1. The Morgan fingerprint density at radius 1 is 1.32 bits per heavy atom. The summed E-state index contributed by atoms with van der Waals surface area (Å²) < 4.78 is 17.0. The highest BCUT2D eigenvalue weighted by Gasteiger charge is 2.34. The standard InChI is InChI=1S/C20H22ClFN4O4S/c1-8-7-31-19-12(20(29)30)18(28)11-15(23)14(22)16(13(21)17(11)26(8)19)24-10-3-5-25(6-4-10)9(2)27/h8,10,24H,3-7,23H2,1-2H3,(H,29,30)/t8-/m1/s1. The van der Waals surface area contributed by atoms with Gasteiger partial charge in [-0.15, -0.1) is 11.8 Å². The molecule has 0 bridgehead atoms. The van der Waals surface area contributed by atoms with Crippen LogP contribution in [0.2, 0.25) is 5.02 Å². The average Bonchev–Trinajstić information content (AvgIpc) is 3.09. The normalized spacial score (nSPS) is 19.0. The van der Waals surface area contributed by atoms with Crippen molar-refractivity contribution in [1.82, 2.24) is 9.47 Å². The molecule has 1 aromatic heterocycles. The number of likely N-dealkylation sites (tertiary alicyclic amines) is 1. The lowest BCUT2D eigenvalue weighted by Crippen LogP contribution is -2.41. The van der Waals surface area contributed by atoms with Crippen molar-refractivity contribution >= 4 is 57.5 Å². The molecule has 2 aromatic rings. The third-order valence-electron chi connectivity index (χ3n) is 5.92. The van der Waals surface area contributed by atoms with Crippen molar-refractivity contribution in [1.29, 1.82) is 0 Å². The number of hydrogen-bond donors (Lipinski definition) is 3. The van der Waals surface area contributed by atoms with Gasteiger partial charge in [0.05, 0.1) is 32.3 Å². The van der Waals surface area contributed by atoms with Gasteiger partial charge in [-0.05, 0) is 19.8 Å². The van der Waals surface area contributed by atoms with Crippen LogP contribution in [0.3, 0.4) is 0 Å². The van der Waals surface area contributed by atoms with E-state index in [0.29, 0.717) is 36.7 Å². The predicted octanol–water partition coefficient (Wildman–Crippen LogP) is 3.16. The molecule has 11 heteroatoms. The summed E-state index contributed by atoms with van der Waals surface area (Å²) in [6, 6.07) is -0.287. The molecule has 1 atom stereocenters. The summed E-state index contributed by atoms with van der Waals surface area (Å²) in [5.41, 5.74) is 4.59. The molecule has 0 unspecified atom stereocenters. The molecule has 2 aliphatic heterocycles. The molecule has 0 radical (unpaired) electrons. The first-order chi connectivity index (χ1) is 14.6. The van der Waals surface area contributed by atoms with Crippen LogP contribution in [0.4, 0.5) is 15.8 Å². The van der Waals surface area contributed by atoms with E-state index in [0.717, 1.165) is 0 Å². The summed E-state index contributed by atoms with van der Waals surface area (Å²) in [5, 5.41) is 12.8. The summed E-state index contributed by atoms with van der Waals surface area (Å²) in [5.74, 6) is -1.71. The highest BCUT2D eigenvalue weighted by molar-refractivity contribution is 7.99. The highest BCUT2D eigenvalue weighted by Crippen LogP contribution is 2.44. The second kappa shape index (κ2) is 7.90. The van der Waals surface area contributed by atoms with Crippen molar-refractivity contribution in [2.75, 3.05) is 29.9 Å². The Morgan fingerprint density at radius 3 is 2.55 bits per heavy atom. The molecule has 166 valence electrons. The van der Waals surface area contributed by atoms with Crippen molar-refractivity contribution in [3.05, 3.63) is 26.6 Å². The van der Waals surface area contributed by atoms with Gasteiger partial charge in [-0.3, -0.25) is 9.59 Å². The van der Waals surface area contributed by atoms with Gasteiger partial charge in [0.1, 0.15) is 5.56 Å². The van der Waals surface area contributed by atoms with E-state index in [-0.39, 0.29) is 39.6 Å².